The van der Waals surface area contributed by atoms with Gasteiger partial charge in [0.05, 0.1) is 17.3 Å². The maximum Gasteiger partial charge on any atom is 0.325 e. The van der Waals surface area contributed by atoms with Crippen LogP contribution in [-0.2, 0) is 16.1 Å². The lowest BCUT2D eigenvalue weighted by atomic mass is 10.1. The molecule has 8 heteroatoms. The van der Waals surface area contributed by atoms with Crippen molar-refractivity contribution >= 4 is 33.4 Å². The second kappa shape index (κ2) is 7.47. The Morgan fingerprint density at radius 1 is 1.14 bits per heavy atom. The summed E-state index contributed by atoms with van der Waals surface area (Å²) in [6, 6.07) is 10.8. The first-order valence-corrected chi connectivity index (χ1v) is 9.52. The van der Waals surface area contributed by atoms with Crippen molar-refractivity contribution in [2.45, 2.75) is 13.5 Å². The maximum atomic E-state index is 12.6. The van der Waals surface area contributed by atoms with Crippen molar-refractivity contribution in [2.24, 2.45) is 4.99 Å². The molecule has 0 saturated heterocycles. The average Bonchev–Trinajstić information content (AvgIpc) is 3.02. The highest BCUT2D eigenvalue weighted by Gasteiger charge is 2.18. The van der Waals surface area contributed by atoms with Gasteiger partial charge in [0, 0.05) is 17.7 Å². The minimum atomic E-state index is -0.432. The summed E-state index contributed by atoms with van der Waals surface area (Å²) in [7, 11) is 1.32. The molecule has 2 aromatic carbocycles. The minimum absolute atomic E-state index is 0.0594. The molecule has 1 aromatic heterocycles. The van der Waals surface area contributed by atoms with Gasteiger partial charge >= 0.3 is 5.97 Å². The third-order valence-electron chi connectivity index (χ3n) is 4.36. The fourth-order valence-corrected chi connectivity index (χ4v) is 3.92. The predicted molar refractivity (Wildman–Crippen MR) is 104 cm³/mol. The lowest BCUT2D eigenvalue weighted by molar-refractivity contribution is -0.141. The van der Waals surface area contributed by atoms with Gasteiger partial charge in [0.1, 0.15) is 19.8 Å². The van der Waals surface area contributed by atoms with Gasteiger partial charge in [-0.2, -0.15) is 4.99 Å². The van der Waals surface area contributed by atoms with Crippen LogP contribution in [0.3, 0.4) is 0 Å². The van der Waals surface area contributed by atoms with Crippen LogP contribution in [0.1, 0.15) is 15.9 Å². The Hall–Kier alpha value is -3.13. The van der Waals surface area contributed by atoms with E-state index >= 15 is 0 Å². The number of carbonyl (C=O) groups is 2. The van der Waals surface area contributed by atoms with Gasteiger partial charge < -0.3 is 18.8 Å². The normalized spacial score (nSPS) is 13.6. The van der Waals surface area contributed by atoms with E-state index in [1.165, 1.54) is 18.4 Å². The van der Waals surface area contributed by atoms with Crippen molar-refractivity contribution in [3.8, 4) is 11.5 Å². The molecule has 1 amide bonds. The number of fused-ring (bicyclic) bond motifs is 2. The van der Waals surface area contributed by atoms with Crippen LogP contribution in [0.25, 0.3) is 10.2 Å². The van der Waals surface area contributed by atoms with Crippen LogP contribution in [0.15, 0.2) is 41.4 Å². The second-order valence-electron chi connectivity index (χ2n) is 6.29. The fourth-order valence-electron chi connectivity index (χ4n) is 2.89. The number of hydrogen-bond donors (Lipinski definition) is 0. The van der Waals surface area contributed by atoms with Crippen LogP contribution in [0, 0.1) is 6.92 Å². The van der Waals surface area contributed by atoms with Crippen molar-refractivity contribution in [3.05, 3.63) is 52.3 Å². The Morgan fingerprint density at radius 2 is 1.82 bits per heavy atom. The third-order valence-corrected chi connectivity index (χ3v) is 5.40. The van der Waals surface area contributed by atoms with E-state index in [1.807, 2.05) is 25.1 Å². The number of carbonyl (C=O) groups excluding carboxylic acids is 2. The average molecular weight is 398 g/mol. The Labute approximate surface area is 164 Å². The van der Waals surface area contributed by atoms with Crippen molar-refractivity contribution < 1.29 is 23.8 Å². The van der Waals surface area contributed by atoms with Crippen LogP contribution >= 0.6 is 11.3 Å². The maximum absolute atomic E-state index is 12.6. The highest BCUT2D eigenvalue weighted by atomic mass is 32.1. The molecule has 2 heterocycles. The highest BCUT2D eigenvalue weighted by molar-refractivity contribution is 7.16. The number of ether oxygens (including phenoxy) is 3. The van der Waals surface area contributed by atoms with Crippen LogP contribution in [0.2, 0.25) is 0 Å². The summed E-state index contributed by atoms with van der Waals surface area (Å²) in [6.07, 6.45) is 0. The summed E-state index contributed by atoms with van der Waals surface area (Å²) in [6.45, 7) is 2.84. The third kappa shape index (κ3) is 3.50. The van der Waals surface area contributed by atoms with Crippen molar-refractivity contribution in [2.75, 3.05) is 20.3 Å². The Balaban J connectivity index is 1.85. The number of amides is 1. The zero-order valence-electron chi connectivity index (χ0n) is 15.4. The predicted octanol–water partition coefficient (Wildman–Crippen LogP) is 2.70. The van der Waals surface area contributed by atoms with Crippen molar-refractivity contribution in [1.82, 2.24) is 4.57 Å². The summed E-state index contributed by atoms with van der Waals surface area (Å²) in [5, 5.41) is 0. The molecule has 7 nitrogen and oxygen atoms in total. The number of thiazole rings is 1. The molecule has 0 bridgehead atoms. The number of benzene rings is 2. The molecule has 28 heavy (non-hydrogen) atoms. The largest absolute Gasteiger partial charge is 0.486 e. The first kappa shape index (κ1) is 18.2. The molecular formula is C20H18N2O5S. The number of rotatable bonds is 3. The zero-order valence-corrected chi connectivity index (χ0v) is 16.2. The van der Waals surface area contributed by atoms with E-state index in [9.17, 15) is 9.59 Å². The molecule has 3 aromatic rings. The number of aromatic nitrogens is 1. The van der Waals surface area contributed by atoms with Crippen LogP contribution in [0.5, 0.6) is 11.5 Å². The molecule has 0 radical (unpaired) electrons. The van der Waals surface area contributed by atoms with Gasteiger partial charge in [0.25, 0.3) is 5.91 Å². The smallest absolute Gasteiger partial charge is 0.325 e. The molecule has 0 unspecified atom stereocenters. The molecule has 0 N–H and O–H groups in total. The van der Waals surface area contributed by atoms with Gasteiger partial charge in [0.2, 0.25) is 0 Å². The van der Waals surface area contributed by atoms with E-state index in [4.69, 9.17) is 14.2 Å². The fraction of sp³-hybridized carbons (Fsp3) is 0.250. The molecule has 1 aliphatic rings. The Morgan fingerprint density at radius 3 is 2.50 bits per heavy atom. The first-order valence-electron chi connectivity index (χ1n) is 8.70. The van der Waals surface area contributed by atoms with E-state index in [0.717, 1.165) is 15.8 Å². The van der Waals surface area contributed by atoms with Gasteiger partial charge in [-0.25, -0.2) is 0 Å². The summed E-state index contributed by atoms with van der Waals surface area (Å²) in [4.78, 5) is 29.2. The lowest BCUT2D eigenvalue weighted by Crippen LogP contribution is -2.22. The van der Waals surface area contributed by atoms with Crippen LogP contribution < -0.4 is 14.3 Å². The topological polar surface area (TPSA) is 79.1 Å². The van der Waals surface area contributed by atoms with Gasteiger partial charge in [-0.3, -0.25) is 9.59 Å². The van der Waals surface area contributed by atoms with E-state index < -0.39 is 5.97 Å². The summed E-state index contributed by atoms with van der Waals surface area (Å²) >= 11 is 1.31. The quantitative estimate of drug-likeness (QED) is 0.634. The van der Waals surface area contributed by atoms with E-state index in [-0.39, 0.29) is 12.5 Å². The number of esters is 1. The van der Waals surface area contributed by atoms with Crippen LogP contribution in [-0.4, -0.2) is 36.8 Å². The summed E-state index contributed by atoms with van der Waals surface area (Å²) in [5.41, 5.74) is 2.28. The van der Waals surface area contributed by atoms with E-state index in [2.05, 4.69) is 4.99 Å². The summed E-state index contributed by atoms with van der Waals surface area (Å²) < 4.78 is 18.6. The van der Waals surface area contributed by atoms with Gasteiger partial charge in [-0.15, -0.1) is 0 Å². The summed E-state index contributed by atoms with van der Waals surface area (Å²) in [5.74, 6) is 0.439. The van der Waals surface area contributed by atoms with E-state index in [1.54, 1.807) is 22.8 Å². The van der Waals surface area contributed by atoms with Gasteiger partial charge in [-0.1, -0.05) is 29.0 Å². The second-order valence-corrected chi connectivity index (χ2v) is 7.30. The SMILES string of the molecule is COC(=O)Cn1c(=NC(=O)c2ccc(C)cc2)sc2cc3c(cc21)OCCO3. The molecular weight excluding hydrogens is 380 g/mol. The van der Waals surface area contributed by atoms with Crippen LogP contribution in [0.4, 0.5) is 0 Å². The molecule has 4 rings (SSSR count). The molecule has 1 aliphatic heterocycles. The molecule has 0 spiro atoms. The van der Waals surface area contributed by atoms with Crippen molar-refractivity contribution in [3.63, 3.8) is 0 Å². The monoisotopic (exact) mass is 398 g/mol. The zero-order chi connectivity index (χ0) is 19.7. The number of methoxy groups -OCH3 is 1. The van der Waals surface area contributed by atoms with Gasteiger partial charge in [0.15, 0.2) is 16.3 Å². The number of nitrogens with zero attached hydrogens (tertiary/aromatic N) is 2. The molecule has 0 saturated carbocycles. The van der Waals surface area contributed by atoms with Crippen molar-refractivity contribution in [1.29, 1.82) is 0 Å². The number of hydrogen-bond acceptors (Lipinski definition) is 6. The lowest BCUT2D eigenvalue weighted by Gasteiger charge is -2.18. The van der Waals surface area contributed by atoms with Gasteiger partial charge in [-0.05, 0) is 19.1 Å². The Kier molecular flexibility index (Phi) is 4.87. The minimum Gasteiger partial charge on any atom is -0.486 e. The standard InChI is InChI=1S/C20H18N2O5S/c1-12-3-5-13(6-4-12)19(24)21-20-22(11-18(23)25-2)14-9-15-16(10-17(14)28-20)27-8-7-26-15/h3-6,9-10H,7-8,11H2,1-2H3. The van der Waals surface area contributed by atoms with E-state index in [0.29, 0.717) is 35.1 Å². The molecule has 0 atom stereocenters. The number of aryl methyl sites for hydroxylation is 1. The molecule has 144 valence electrons. The molecule has 0 aliphatic carbocycles. The Bertz CT molecular complexity index is 1130. The molecule has 0 fully saturated rings. The first-order chi connectivity index (χ1) is 13.5. The highest BCUT2D eigenvalue weighted by Crippen LogP contribution is 2.35.